The van der Waals surface area contributed by atoms with E-state index >= 15 is 0 Å². The zero-order valence-corrected chi connectivity index (χ0v) is 20.5. The Morgan fingerprint density at radius 2 is 0.684 bits per heavy atom. The highest BCUT2D eigenvalue weighted by molar-refractivity contribution is 6.22. The van der Waals surface area contributed by atoms with Crippen molar-refractivity contribution in [1.29, 1.82) is 0 Å². The van der Waals surface area contributed by atoms with Gasteiger partial charge in [-0.05, 0) is 70.1 Å². The summed E-state index contributed by atoms with van der Waals surface area (Å²) >= 11 is 0. The van der Waals surface area contributed by atoms with Crippen LogP contribution in [0.25, 0.3) is 66.6 Å². The van der Waals surface area contributed by atoms with Gasteiger partial charge in [0, 0.05) is 47.0 Å². The first-order valence-corrected chi connectivity index (χ1v) is 12.6. The zero-order valence-electron chi connectivity index (χ0n) is 20.5. The first-order chi connectivity index (χ1) is 18.9. The molecule has 0 aliphatic heterocycles. The number of nitrogens with zero attached hydrogens (tertiary/aromatic N) is 4. The molecule has 7 aromatic rings. The average Bonchev–Trinajstić information content (AvgIpc) is 3.01. The lowest BCUT2D eigenvalue weighted by atomic mass is 9.86. The lowest BCUT2D eigenvalue weighted by Gasteiger charge is -2.19. The molecule has 0 bridgehead atoms. The second-order valence-corrected chi connectivity index (χ2v) is 9.07. The molecule has 0 unspecified atom stereocenters. The van der Waals surface area contributed by atoms with Gasteiger partial charge in [-0.15, -0.1) is 0 Å². The van der Waals surface area contributed by atoms with Crippen molar-refractivity contribution in [2.75, 3.05) is 0 Å². The number of pyridine rings is 4. The minimum atomic E-state index is 0.898. The molecule has 0 radical (unpaired) electrons. The largest absolute Gasteiger partial charge is 0.256 e. The van der Waals surface area contributed by atoms with Crippen LogP contribution < -0.4 is 0 Å². The van der Waals surface area contributed by atoms with E-state index in [4.69, 9.17) is 9.97 Å². The molecule has 0 aliphatic rings. The molecule has 0 atom stereocenters. The molecule has 4 heteroatoms. The van der Waals surface area contributed by atoms with Crippen LogP contribution in [0.4, 0.5) is 0 Å². The summed E-state index contributed by atoms with van der Waals surface area (Å²) in [6, 6.07) is 37.2. The van der Waals surface area contributed by atoms with Crippen LogP contribution in [0.2, 0.25) is 0 Å². The zero-order chi connectivity index (χ0) is 25.3. The van der Waals surface area contributed by atoms with Crippen LogP contribution in [-0.2, 0) is 0 Å². The van der Waals surface area contributed by atoms with Crippen molar-refractivity contribution in [1.82, 2.24) is 19.9 Å². The van der Waals surface area contributed by atoms with Gasteiger partial charge in [0.2, 0.25) is 0 Å². The molecule has 0 N–H and O–H groups in total. The summed E-state index contributed by atoms with van der Waals surface area (Å²) in [5, 5.41) is 4.48. The second-order valence-electron chi connectivity index (χ2n) is 9.07. The van der Waals surface area contributed by atoms with Gasteiger partial charge in [0.1, 0.15) is 0 Å². The molecule has 4 nitrogen and oxygen atoms in total. The van der Waals surface area contributed by atoms with E-state index in [1.54, 1.807) is 0 Å². The lowest BCUT2D eigenvalue weighted by Crippen LogP contribution is -1.97. The van der Waals surface area contributed by atoms with Gasteiger partial charge in [-0.1, -0.05) is 60.7 Å². The molecule has 0 amide bonds. The molecule has 0 spiro atoms. The van der Waals surface area contributed by atoms with Gasteiger partial charge in [-0.25, -0.2) is 0 Å². The SMILES string of the molecule is c1ccc(-c2cccnc2-c2c3ccccc3c(-c3ncccc3-c3ccccn3)c3ccccc23)nc1. The fourth-order valence-electron chi connectivity index (χ4n) is 5.31. The van der Waals surface area contributed by atoms with Gasteiger partial charge in [0.15, 0.2) is 0 Å². The summed E-state index contributed by atoms with van der Waals surface area (Å²) in [5.74, 6) is 0. The van der Waals surface area contributed by atoms with Crippen LogP contribution in [0.5, 0.6) is 0 Å². The fourth-order valence-corrected chi connectivity index (χ4v) is 5.31. The Balaban J connectivity index is 1.61. The summed E-state index contributed by atoms with van der Waals surface area (Å²) in [5.41, 5.74) is 7.82. The molecule has 0 saturated carbocycles. The van der Waals surface area contributed by atoms with E-state index in [-0.39, 0.29) is 0 Å². The van der Waals surface area contributed by atoms with Gasteiger partial charge < -0.3 is 0 Å². The number of aromatic nitrogens is 4. The minimum absolute atomic E-state index is 0.898. The molecule has 0 fully saturated rings. The van der Waals surface area contributed by atoms with E-state index in [9.17, 15) is 0 Å². The predicted octanol–water partition coefficient (Wildman–Crippen LogP) is 8.24. The lowest BCUT2D eigenvalue weighted by molar-refractivity contribution is 1.28. The number of benzene rings is 3. The normalized spacial score (nSPS) is 11.2. The van der Waals surface area contributed by atoms with Crippen molar-refractivity contribution >= 4 is 21.5 Å². The Labute approximate surface area is 220 Å². The Hall–Kier alpha value is -5.22. The number of rotatable bonds is 4. The molecule has 0 aliphatic carbocycles. The van der Waals surface area contributed by atoms with Crippen LogP contribution in [0.3, 0.4) is 0 Å². The molecule has 4 aromatic heterocycles. The molecular weight excluding hydrogens is 464 g/mol. The van der Waals surface area contributed by atoms with Gasteiger partial charge in [0.05, 0.1) is 22.8 Å². The quantitative estimate of drug-likeness (QED) is 0.235. The highest BCUT2D eigenvalue weighted by Crippen LogP contribution is 2.46. The van der Waals surface area contributed by atoms with Gasteiger partial charge in [-0.3, -0.25) is 19.9 Å². The number of hydrogen-bond donors (Lipinski definition) is 0. The van der Waals surface area contributed by atoms with E-state index in [1.807, 2.05) is 73.3 Å². The third-order valence-electron chi connectivity index (χ3n) is 6.90. The molecule has 7 rings (SSSR count). The van der Waals surface area contributed by atoms with Crippen molar-refractivity contribution in [3.63, 3.8) is 0 Å². The maximum atomic E-state index is 4.93. The van der Waals surface area contributed by atoms with E-state index in [2.05, 4.69) is 70.6 Å². The molecule has 4 heterocycles. The van der Waals surface area contributed by atoms with Crippen molar-refractivity contribution in [3.8, 4) is 45.0 Å². The summed E-state index contributed by atoms with van der Waals surface area (Å²) in [4.78, 5) is 19.2. The summed E-state index contributed by atoms with van der Waals surface area (Å²) in [6.07, 6.45) is 7.37. The third-order valence-corrected chi connectivity index (χ3v) is 6.90. The maximum Gasteiger partial charge on any atom is 0.0808 e. The summed E-state index contributed by atoms with van der Waals surface area (Å²) < 4.78 is 0. The average molecular weight is 487 g/mol. The van der Waals surface area contributed by atoms with Crippen LogP contribution in [0, 0.1) is 0 Å². The number of hydrogen-bond acceptors (Lipinski definition) is 4. The highest BCUT2D eigenvalue weighted by atomic mass is 14.7. The van der Waals surface area contributed by atoms with E-state index < -0.39 is 0 Å². The van der Waals surface area contributed by atoms with Gasteiger partial charge in [0.25, 0.3) is 0 Å². The standard InChI is InChI=1S/C34H22N4/c1-2-12-24-23(11-1)31(33-27(15-9-21-37-33)29-17-5-7-19-35-29)25-13-3-4-14-26(25)32(24)34-28(16-10-22-38-34)30-18-6-8-20-36-30/h1-22H. The van der Waals surface area contributed by atoms with E-state index in [1.165, 1.54) is 0 Å². The monoisotopic (exact) mass is 486 g/mol. The first kappa shape index (κ1) is 22.0. The van der Waals surface area contributed by atoms with Crippen LogP contribution in [-0.4, -0.2) is 19.9 Å². The predicted molar refractivity (Wildman–Crippen MR) is 154 cm³/mol. The molecule has 3 aromatic carbocycles. The summed E-state index contributed by atoms with van der Waals surface area (Å²) in [6.45, 7) is 0. The van der Waals surface area contributed by atoms with Crippen molar-refractivity contribution < 1.29 is 0 Å². The first-order valence-electron chi connectivity index (χ1n) is 12.6. The maximum absolute atomic E-state index is 4.93. The van der Waals surface area contributed by atoms with E-state index in [0.29, 0.717) is 0 Å². The Morgan fingerprint density at radius 1 is 0.316 bits per heavy atom. The minimum Gasteiger partial charge on any atom is -0.256 e. The Kier molecular flexibility index (Phi) is 5.41. The molecule has 178 valence electrons. The van der Waals surface area contributed by atoms with Crippen molar-refractivity contribution in [2.24, 2.45) is 0 Å². The smallest absolute Gasteiger partial charge is 0.0808 e. The van der Waals surface area contributed by atoms with Gasteiger partial charge in [-0.2, -0.15) is 0 Å². The second kappa shape index (κ2) is 9.34. The van der Waals surface area contributed by atoms with Crippen molar-refractivity contribution in [2.45, 2.75) is 0 Å². The summed E-state index contributed by atoms with van der Waals surface area (Å²) in [7, 11) is 0. The van der Waals surface area contributed by atoms with Gasteiger partial charge >= 0.3 is 0 Å². The van der Waals surface area contributed by atoms with Crippen LogP contribution in [0.1, 0.15) is 0 Å². The third kappa shape index (κ3) is 3.62. The topological polar surface area (TPSA) is 51.6 Å². The van der Waals surface area contributed by atoms with E-state index in [0.717, 1.165) is 66.6 Å². The Bertz CT molecular complexity index is 1720. The number of fused-ring (bicyclic) bond motifs is 2. The van der Waals surface area contributed by atoms with Crippen molar-refractivity contribution in [3.05, 3.63) is 134 Å². The fraction of sp³-hybridized carbons (Fsp3) is 0. The Morgan fingerprint density at radius 3 is 1.05 bits per heavy atom. The van der Waals surface area contributed by atoms with Crippen LogP contribution in [0.15, 0.2) is 134 Å². The molecular formula is C34H22N4. The highest BCUT2D eigenvalue weighted by Gasteiger charge is 2.22. The van der Waals surface area contributed by atoms with Crippen LogP contribution >= 0.6 is 0 Å². The molecule has 0 saturated heterocycles. The molecule has 38 heavy (non-hydrogen) atoms.